The molecule has 3 aromatic rings. The van der Waals surface area contributed by atoms with Gasteiger partial charge in [0.2, 0.25) is 5.95 Å². The van der Waals surface area contributed by atoms with Crippen LogP contribution < -0.4 is 10.2 Å². The van der Waals surface area contributed by atoms with Crippen molar-refractivity contribution in [2.75, 3.05) is 43.4 Å². The van der Waals surface area contributed by atoms with Crippen molar-refractivity contribution < 1.29 is 8.78 Å². The van der Waals surface area contributed by atoms with Crippen LogP contribution >= 0.6 is 0 Å². The summed E-state index contributed by atoms with van der Waals surface area (Å²) in [6.45, 7) is 6.17. The molecule has 0 amide bonds. The Balaban J connectivity index is 1.52. The SMILES string of the molecule is CCCn1cc(-c2nc(Nc3ccc(N4CCN(C)CC4)c(F)c3)ncc2F)cn1. The third kappa shape index (κ3) is 4.40. The standard InChI is InChI=1S/C21H25F2N7/c1-3-6-30-14-15(12-25-30)20-18(23)13-24-21(27-20)26-16-4-5-19(17(22)11-16)29-9-7-28(2)8-10-29/h4-5,11-14H,3,6-10H2,1-2H3,(H,24,26,27). The van der Waals surface area contributed by atoms with Gasteiger partial charge in [-0.2, -0.15) is 5.10 Å². The summed E-state index contributed by atoms with van der Waals surface area (Å²) in [5.74, 6) is -0.651. The first-order valence-electron chi connectivity index (χ1n) is 10.1. The second kappa shape index (κ2) is 8.74. The number of benzene rings is 1. The molecule has 1 fully saturated rings. The van der Waals surface area contributed by atoms with E-state index >= 15 is 0 Å². The van der Waals surface area contributed by atoms with E-state index in [1.807, 2.05) is 11.8 Å². The molecular weight excluding hydrogens is 388 g/mol. The highest BCUT2D eigenvalue weighted by atomic mass is 19.1. The Kier molecular flexibility index (Phi) is 5.89. The highest BCUT2D eigenvalue weighted by Gasteiger charge is 2.18. The van der Waals surface area contributed by atoms with Gasteiger partial charge in [0.1, 0.15) is 11.5 Å². The Morgan fingerprint density at radius 2 is 1.87 bits per heavy atom. The first-order chi connectivity index (χ1) is 14.5. The summed E-state index contributed by atoms with van der Waals surface area (Å²) < 4.78 is 30.7. The summed E-state index contributed by atoms with van der Waals surface area (Å²) in [6.07, 6.45) is 5.37. The molecule has 0 saturated carbocycles. The van der Waals surface area contributed by atoms with Crippen molar-refractivity contribution in [1.82, 2.24) is 24.6 Å². The van der Waals surface area contributed by atoms with E-state index in [2.05, 4.69) is 32.3 Å². The molecule has 0 unspecified atom stereocenters. The van der Waals surface area contributed by atoms with Crippen LogP contribution in [0.2, 0.25) is 0 Å². The molecule has 0 radical (unpaired) electrons. The quantitative estimate of drug-likeness (QED) is 0.667. The zero-order valence-electron chi connectivity index (χ0n) is 17.1. The molecule has 1 saturated heterocycles. The number of aromatic nitrogens is 4. The lowest BCUT2D eigenvalue weighted by Crippen LogP contribution is -2.44. The lowest BCUT2D eigenvalue weighted by Gasteiger charge is -2.34. The van der Waals surface area contributed by atoms with Gasteiger partial charge in [0, 0.05) is 50.2 Å². The number of piperazine rings is 1. The molecule has 0 atom stereocenters. The van der Waals surface area contributed by atoms with Crippen molar-refractivity contribution in [3.63, 3.8) is 0 Å². The van der Waals surface area contributed by atoms with Crippen molar-refractivity contribution in [2.45, 2.75) is 19.9 Å². The summed E-state index contributed by atoms with van der Waals surface area (Å²) in [5, 5.41) is 7.19. The van der Waals surface area contributed by atoms with Crippen molar-refractivity contribution in [1.29, 1.82) is 0 Å². The molecule has 9 heteroatoms. The molecule has 0 bridgehead atoms. The highest BCUT2D eigenvalue weighted by molar-refractivity contribution is 5.63. The van der Waals surface area contributed by atoms with Crippen LogP contribution in [0.15, 0.2) is 36.8 Å². The van der Waals surface area contributed by atoms with E-state index in [9.17, 15) is 8.78 Å². The maximum atomic E-state index is 14.7. The number of nitrogens with one attached hydrogen (secondary N) is 1. The molecule has 2 aromatic heterocycles. The van der Waals surface area contributed by atoms with Crippen LogP contribution in [0.5, 0.6) is 0 Å². The second-order valence-electron chi connectivity index (χ2n) is 7.46. The molecule has 0 aliphatic carbocycles. The van der Waals surface area contributed by atoms with Gasteiger partial charge in [0.05, 0.1) is 18.1 Å². The molecule has 1 aliphatic rings. The Morgan fingerprint density at radius 3 is 2.60 bits per heavy atom. The van der Waals surface area contributed by atoms with Crippen molar-refractivity contribution in [3.8, 4) is 11.3 Å². The molecule has 0 spiro atoms. The minimum absolute atomic E-state index is 0.157. The third-order valence-corrected chi connectivity index (χ3v) is 5.15. The number of aryl methyl sites for hydroxylation is 1. The van der Waals surface area contributed by atoms with Crippen LogP contribution in [0.25, 0.3) is 11.3 Å². The summed E-state index contributed by atoms with van der Waals surface area (Å²) >= 11 is 0. The fraction of sp³-hybridized carbons (Fsp3) is 0.381. The largest absolute Gasteiger partial charge is 0.367 e. The van der Waals surface area contributed by atoms with Gasteiger partial charge >= 0.3 is 0 Å². The Labute approximate surface area is 174 Å². The van der Waals surface area contributed by atoms with E-state index in [1.165, 1.54) is 6.07 Å². The summed E-state index contributed by atoms with van der Waals surface area (Å²) in [7, 11) is 2.06. The molecule has 3 heterocycles. The average Bonchev–Trinajstić information content (AvgIpc) is 3.19. The summed E-state index contributed by atoms with van der Waals surface area (Å²) in [5.41, 5.74) is 1.81. The van der Waals surface area contributed by atoms with Gasteiger partial charge in [0.25, 0.3) is 0 Å². The van der Waals surface area contributed by atoms with Gasteiger partial charge in [-0.3, -0.25) is 4.68 Å². The lowest BCUT2D eigenvalue weighted by atomic mass is 10.2. The zero-order valence-corrected chi connectivity index (χ0v) is 17.1. The number of hydrogen-bond donors (Lipinski definition) is 1. The summed E-state index contributed by atoms with van der Waals surface area (Å²) in [6, 6.07) is 4.95. The number of rotatable bonds is 6. The number of nitrogens with zero attached hydrogens (tertiary/aromatic N) is 6. The Bertz CT molecular complexity index is 1010. The van der Waals surface area contributed by atoms with Gasteiger partial charge in [0.15, 0.2) is 5.82 Å². The van der Waals surface area contributed by atoms with E-state index in [1.54, 1.807) is 29.2 Å². The third-order valence-electron chi connectivity index (χ3n) is 5.15. The van der Waals surface area contributed by atoms with E-state index in [0.29, 0.717) is 16.9 Å². The first kappa shape index (κ1) is 20.2. The first-order valence-corrected chi connectivity index (χ1v) is 10.1. The van der Waals surface area contributed by atoms with Crippen LogP contribution in [0.3, 0.4) is 0 Å². The Morgan fingerprint density at radius 1 is 1.07 bits per heavy atom. The molecule has 1 N–H and O–H groups in total. The van der Waals surface area contributed by atoms with Crippen LogP contribution in [0.1, 0.15) is 13.3 Å². The zero-order chi connectivity index (χ0) is 21.1. The predicted molar refractivity (Wildman–Crippen MR) is 113 cm³/mol. The van der Waals surface area contributed by atoms with Crippen molar-refractivity contribution in [2.24, 2.45) is 0 Å². The maximum Gasteiger partial charge on any atom is 0.227 e. The minimum Gasteiger partial charge on any atom is -0.367 e. The van der Waals surface area contributed by atoms with Gasteiger partial charge in [-0.05, 0) is 31.7 Å². The lowest BCUT2D eigenvalue weighted by molar-refractivity contribution is 0.311. The van der Waals surface area contributed by atoms with Crippen molar-refractivity contribution in [3.05, 3.63) is 48.4 Å². The van der Waals surface area contributed by atoms with E-state index in [0.717, 1.165) is 45.3 Å². The van der Waals surface area contributed by atoms with Crippen LogP contribution in [0.4, 0.5) is 26.1 Å². The summed E-state index contributed by atoms with van der Waals surface area (Å²) in [4.78, 5) is 12.5. The molecule has 1 aromatic carbocycles. The monoisotopic (exact) mass is 413 g/mol. The topological polar surface area (TPSA) is 62.1 Å². The maximum absolute atomic E-state index is 14.7. The minimum atomic E-state index is -0.534. The van der Waals surface area contributed by atoms with Crippen molar-refractivity contribution >= 4 is 17.3 Å². The fourth-order valence-electron chi connectivity index (χ4n) is 3.48. The van der Waals surface area contributed by atoms with E-state index < -0.39 is 5.82 Å². The molecule has 7 nitrogen and oxygen atoms in total. The molecule has 4 rings (SSSR count). The van der Waals surface area contributed by atoms with Crippen LogP contribution in [-0.2, 0) is 6.54 Å². The number of likely N-dealkylation sites (N-methyl/N-ethyl adjacent to an activating group) is 1. The molecular formula is C21H25F2N7. The molecule has 158 valence electrons. The second-order valence-corrected chi connectivity index (χ2v) is 7.46. The average molecular weight is 413 g/mol. The normalized spacial score (nSPS) is 14.9. The molecule has 1 aliphatic heterocycles. The number of anilines is 3. The van der Waals surface area contributed by atoms with Gasteiger partial charge in [-0.15, -0.1) is 0 Å². The van der Waals surface area contributed by atoms with E-state index in [-0.39, 0.29) is 17.5 Å². The van der Waals surface area contributed by atoms with Gasteiger partial charge in [-0.25, -0.2) is 18.7 Å². The number of halogens is 2. The molecule has 30 heavy (non-hydrogen) atoms. The fourth-order valence-corrected chi connectivity index (χ4v) is 3.48. The van der Waals surface area contributed by atoms with Gasteiger partial charge < -0.3 is 15.1 Å². The van der Waals surface area contributed by atoms with E-state index in [4.69, 9.17) is 0 Å². The van der Waals surface area contributed by atoms with Crippen LogP contribution in [-0.4, -0.2) is 57.9 Å². The predicted octanol–water partition coefficient (Wildman–Crippen LogP) is 3.52. The number of hydrogen-bond acceptors (Lipinski definition) is 6. The van der Waals surface area contributed by atoms with Crippen LogP contribution in [0, 0.1) is 11.6 Å². The highest BCUT2D eigenvalue weighted by Crippen LogP contribution is 2.26. The smallest absolute Gasteiger partial charge is 0.227 e. The van der Waals surface area contributed by atoms with Gasteiger partial charge in [-0.1, -0.05) is 6.92 Å². The Hall–Kier alpha value is -3.07.